The number of hydrogen-bond acceptors (Lipinski definition) is 9. The summed E-state index contributed by atoms with van der Waals surface area (Å²) in [5.74, 6) is -0.0704. The number of benzene rings is 2. The standard InChI is InChI=1S/C22H23N5O7/c1-3-32-17-10-7-15(13-18(17)33-4-2)20(28)23-11-12-24-21(29)22-25-19(26-34-22)14-5-8-16(9-6-14)27(30)31/h5-10,13H,3-4,11-12H2,1-2H3,(H,23,28)(H,24,29). The van der Waals surface area contributed by atoms with Crippen LogP contribution in [0.1, 0.15) is 34.9 Å². The van der Waals surface area contributed by atoms with Crippen molar-refractivity contribution in [2.75, 3.05) is 26.3 Å². The lowest BCUT2D eigenvalue weighted by atomic mass is 10.2. The number of aromatic nitrogens is 2. The minimum absolute atomic E-state index is 0.0772. The molecule has 0 atom stereocenters. The second kappa shape index (κ2) is 11.4. The summed E-state index contributed by atoms with van der Waals surface area (Å²) in [6.07, 6.45) is 0. The molecule has 2 aromatic carbocycles. The van der Waals surface area contributed by atoms with E-state index in [0.29, 0.717) is 35.8 Å². The van der Waals surface area contributed by atoms with E-state index in [0.717, 1.165) is 0 Å². The molecule has 3 aromatic rings. The summed E-state index contributed by atoms with van der Waals surface area (Å²) >= 11 is 0. The molecule has 178 valence electrons. The average molecular weight is 469 g/mol. The Hall–Kier alpha value is -4.48. The molecular formula is C22H23N5O7. The van der Waals surface area contributed by atoms with E-state index in [1.54, 1.807) is 18.2 Å². The first-order valence-corrected chi connectivity index (χ1v) is 10.5. The summed E-state index contributed by atoms with van der Waals surface area (Å²) in [7, 11) is 0. The molecular weight excluding hydrogens is 446 g/mol. The van der Waals surface area contributed by atoms with Gasteiger partial charge in [0, 0.05) is 36.3 Å². The minimum atomic E-state index is -0.616. The first-order chi connectivity index (χ1) is 16.4. The average Bonchev–Trinajstić information content (AvgIpc) is 3.33. The molecule has 0 aliphatic carbocycles. The van der Waals surface area contributed by atoms with Crippen LogP contribution in [-0.4, -0.2) is 53.2 Å². The first kappa shape index (κ1) is 24.2. The van der Waals surface area contributed by atoms with Gasteiger partial charge < -0.3 is 24.6 Å². The number of carbonyl (C=O) groups is 2. The van der Waals surface area contributed by atoms with Crippen molar-refractivity contribution >= 4 is 17.5 Å². The number of nitrogens with zero attached hydrogens (tertiary/aromatic N) is 3. The van der Waals surface area contributed by atoms with Crippen LogP contribution in [0.3, 0.4) is 0 Å². The van der Waals surface area contributed by atoms with Crippen LogP contribution in [-0.2, 0) is 0 Å². The van der Waals surface area contributed by atoms with E-state index in [1.807, 2.05) is 13.8 Å². The highest BCUT2D eigenvalue weighted by molar-refractivity contribution is 5.95. The van der Waals surface area contributed by atoms with E-state index in [4.69, 9.17) is 14.0 Å². The van der Waals surface area contributed by atoms with Crippen molar-refractivity contribution in [3.05, 3.63) is 64.0 Å². The van der Waals surface area contributed by atoms with Crippen LogP contribution in [0.2, 0.25) is 0 Å². The van der Waals surface area contributed by atoms with Crippen LogP contribution in [0.4, 0.5) is 5.69 Å². The predicted octanol–water partition coefficient (Wildman–Crippen LogP) is 2.60. The van der Waals surface area contributed by atoms with E-state index >= 15 is 0 Å². The Morgan fingerprint density at radius 1 is 0.971 bits per heavy atom. The third kappa shape index (κ3) is 6.06. The van der Waals surface area contributed by atoms with E-state index in [-0.39, 0.29) is 36.4 Å². The minimum Gasteiger partial charge on any atom is -0.490 e. The fourth-order valence-corrected chi connectivity index (χ4v) is 2.89. The predicted molar refractivity (Wildman–Crippen MR) is 120 cm³/mol. The van der Waals surface area contributed by atoms with Crippen molar-refractivity contribution in [2.24, 2.45) is 0 Å². The van der Waals surface area contributed by atoms with Gasteiger partial charge in [-0.2, -0.15) is 4.98 Å². The van der Waals surface area contributed by atoms with Gasteiger partial charge in [0.05, 0.1) is 18.1 Å². The molecule has 1 aromatic heterocycles. The monoisotopic (exact) mass is 469 g/mol. The first-order valence-electron chi connectivity index (χ1n) is 10.5. The van der Waals surface area contributed by atoms with Gasteiger partial charge in [-0.3, -0.25) is 19.7 Å². The number of hydrogen-bond donors (Lipinski definition) is 2. The van der Waals surface area contributed by atoms with Gasteiger partial charge in [-0.05, 0) is 44.2 Å². The lowest BCUT2D eigenvalue weighted by Crippen LogP contribution is -2.34. The lowest BCUT2D eigenvalue weighted by Gasteiger charge is -2.12. The van der Waals surface area contributed by atoms with Gasteiger partial charge in [0.15, 0.2) is 11.5 Å². The highest BCUT2D eigenvalue weighted by Crippen LogP contribution is 2.28. The second-order valence-electron chi connectivity index (χ2n) is 6.77. The molecule has 0 saturated carbocycles. The Morgan fingerprint density at radius 2 is 1.62 bits per heavy atom. The number of carbonyl (C=O) groups excluding carboxylic acids is 2. The summed E-state index contributed by atoms with van der Waals surface area (Å²) in [5.41, 5.74) is 0.775. The largest absolute Gasteiger partial charge is 0.490 e. The summed E-state index contributed by atoms with van der Waals surface area (Å²) in [4.78, 5) is 38.8. The Morgan fingerprint density at radius 3 is 2.26 bits per heavy atom. The molecule has 1 heterocycles. The Bertz CT molecular complexity index is 1160. The molecule has 12 heteroatoms. The molecule has 0 saturated heterocycles. The fraction of sp³-hybridized carbons (Fsp3) is 0.273. The zero-order chi connectivity index (χ0) is 24.5. The second-order valence-corrected chi connectivity index (χ2v) is 6.77. The van der Waals surface area contributed by atoms with Crippen molar-refractivity contribution < 1.29 is 28.5 Å². The van der Waals surface area contributed by atoms with Gasteiger partial charge >= 0.3 is 11.8 Å². The SMILES string of the molecule is CCOc1ccc(C(=O)NCCNC(=O)c2nc(-c3ccc([N+](=O)[O-])cc3)no2)cc1OCC. The number of ether oxygens (including phenoxy) is 2. The molecule has 12 nitrogen and oxygen atoms in total. The topological polar surface area (TPSA) is 159 Å². The third-order valence-corrected chi connectivity index (χ3v) is 4.46. The summed E-state index contributed by atoms with van der Waals surface area (Å²) in [5, 5.41) is 19.7. The molecule has 0 aliphatic heterocycles. The van der Waals surface area contributed by atoms with Crippen molar-refractivity contribution in [3.8, 4) is 22.9 Å². The maximum absolute atomic E-state index is 12.4. The number of nitro groups is 1. The summed E-state index contributed by atoms with van der Waals surface area (Å²) in [6, 6.07) is 10.4. The van der Waals surface area contributed by atoms with Crippen molar-refractivity contribution in [2.45, 2.75) is 13.8 Å². The maximum atomic E-state index is 12.4. The van der Waals surface area contributed by atoms with Gasteiger partial charge in [-0.15, -0.1) is 0 Å². The summed E-state index contributed by atoms with van der Waals surface area (Å²) in [6.45, 7) is 4.87. The Labute approximate surface area is 194 Å². The Balaban J connectivity index is 1.50. The van der Waals surface area contributed by atoms with Crippen LogP contribution in [0, 0.1) is 10.1 Å². The smallest absolute Gasteiger partial charge is 0.316 e. The highest BCUT2D eigenvalue weighted by Gasteiger charge is 2.17. The number of nitro benzene ring substituents is 1. The van der Waals surface area contributed by atoms with E-state index in [1.165, 1.54) is 24.3 Å². The van der Waals surface area contributed by atoms with Gasteiger partial charge in [0.25, 0.3) is 11.6 Å². The van der Waals surface area contributed by atoms with Crippen molar-refractivity contribution in [3.63, 3.8) is 0 Å². The van der Waals surface area contributed by atoms with Crippen molar-refractivity contribution in [1.29, 1.82) is 0 Å². The number of rotatable bonds is 11. The molecule has 2 N–H and O–H groups in total. The zero-order valence-corrected chi connectivity index (χ0v) is 18.6. The van der Waals surface area contributed by atoms with Crippen LogP contribution in [0.5, 0.6) is 11.5 Å². The van der Waals surface area contributed by atoms with Gasteiger partial charge in [0.2, 0.25) is 5.82 Å². The quantitative estimate of drug-likeness (QED) is 0.244. The van der Waals surface area contributed by atoms with E-state index < -0.39 is 10.8 Å². The van der Waals surface area contributed by atoms with Crippen LogP contribution in [0.25, 0.3) is 11.4 Å². The lowest BCUT2D eigenvalue weighted by molar-refractivity contribution is -0.384. The van der Waals surface area contributed by atoms with Crippen LogP contribution < -0.4 is 20.1 Å². The van der Waals surface area contributed by atoms with Gasteiger partial charge in [0.1, 0.15) is 0 Å². The van der Waals surface area contributed by atoms with Crippen molar-refractivity contribution in [1.82, 2.24) is 20.8 Å². The molecule has 2 amide bonds. The van der Waals surface area contributed by atoms with Gasteiger partial charge in [-0.25, -0.2) is 0 Å². The number of amides is 2. The maximum Gasteiger partial charge on any atom is 0.316 e. The third-order valence-electron chi connectivity index (χ3n) is 4.46. The van der Waals surface area contributed by atoms with Crippen LogP contribution in [0.15, 0.2) is 47.0 Å². The number of nitrogens with one attached hydrogen (secondary N) is 2. The normalized spacial score (nSPS) is 10.4. The molecule has 0 unspecified atom stereocenters. The zero-order valence-electron chi connectivity index (χ0n) is 18.6. The van der Waals surface area contributed by atoms with E-state index in [2.05, 4.69) is 20.8 Å². The molecule has 34 heavy (non-hydrogen) atoms. The Kier molecular flexibility index (Phi) is 8.11. The summed E-state index contributed by atoms with van der Waals surface area (Å²) < 4.78 is 16.0. The molecule has 3 rings (SSSR count). The van der Waals surface area contributed by atoms with E-state index in [9.17, 15) is 19.7 Å². The molecule has 0 fully saturated rings. The fourth-order valence-electron chi connectivity index (χ4n) is 2.89. The molecule has 0 bridgehead atoms. The highest BCUT2D eigenvalue weighted by atomic mass is 16.6. The molecule has 0 aliphatic rings. The van der Waals surface area contributed by atoms with Gasteiger partial charge in [-0.1, -0.05) is 5.16 Å². The van der Waals surface area contributed by atoms with Crippen LogP contribution >= 0.6 is 0 Å². The number of non-ortho nitro benzene ring substituents is 1. The molecule has 0 spiro atoms. The molecule has 0 radical (unpaired) electrons.